The smallest absolute Gasteiger partial charge is 0.255 e. The number of primary amides is 1. The summed E-state index contributed by atoms with van der Waals surface area (Å²) in [6, 6.07) is 13.6. The van der Waals surface area contributed by atoms with E-state index in [2.05, 4.69) is 36.8 Å². The molecule has 1 amide bonds. The average molecular weight is 544 g/mol. The highest BCUT2D eigenvalue weighted by molar-refractivity contribution is 9.10. The second-order valence-corrected chi connectivity index (χ2v) is 8.24. The maximum atomic E-state index is 11.0. The number of rotatable bonds is 12. The first kappa shape index (κ1) is 25.9. The van der Waals surface area contributed by atoms with E-state index >= 15 is 0 Å². The van der Waals surface area contributed by atoms with Gasteiger partial charge in [-0.25, -0.2) is 0 Å². The van der Waals surface area contributed by atoms with Crippen molar-refractivity contribution in [3.05, 3.63) is 52.5 Å². The molecule has 0 aliphatic carbocycles. The maximum absolute atomic E-state index is 11.0. The van der Waals surface area contributed by atoms with Crippen LogP contribution in [0.1, 0.15) is 12.5 Å². The van der Waals surface area contributed by atoms with E-state index in [0.717, 1.165) is 28.7 Å². The zero-order chi connectivity index (χ0) is 22.1. The summed E-state index contributed by atoms with van der Waals surface area (Å²) in [6.45, 7) is 3.54. The third kappa shape index (κ3) is 7.37. The zero-order valence-corrected chi connectivity index (χ0v) is 20.6. The van der Waals surface area contributed by atoms with Crippen LogP contribution in [0.4, 0.5) is 0 Å². The fourth-order valence-corrected chi connectivity index (χ4v) is 4.11. The Hall–Kier alpha value is -2.34. The maximum Gasteiger partial charge on any atom is 0.255 e. The molecule has 0 bridgehead atoms. The van der Waals surface area contributed by atoms with Gasteiger partial charge in [0, 0.05) is 18.8 Å². The summed E-state index contributed by atoms with van der Waals surface area (Å²) in [6.07, 6.45) is 0. The largest absolute Gasteiger partial charge is 0.490 e. The number of nitrogens with two attached hydrogens (primary N) is 1. The van der Waals surface area contributed by atoms with Gasteiger partial charge >= 0.3 is 0 Å². The van der Waals surface area contributed by atoms with Crippen LogP contribution in [0, 0.1) is 0 Å². The molecule has 0 saturated carbocycles. The van der Waals surface area contributed by atoms with Crippen LogP contribution in [0.25, 0.3) is 5.69 Å². The summed E-state index contributed by atoms with van der Waals surface area (Å²) < 4.78 is 13.6. The molecule has 0 spiro atoms. The monoisotopic (exact) mass is 542 g/mol. The fraction of sp³-hybridized carbons (Fsp3) is 0.300. The van der Waals surface area contributed by atoms with Gasteiger partial charge in [0.15, 0.2) is 18.1 Å². The molecule has 1 aromatic heterocycles. The molecule has 172 valence electrons. The van der Waals surface area contributed by atoms with Crippen molar-refractivity contribution < 1.29 is 14.3 Å². The highest BCUT2D eigenvalue weighted by Gasteiger charge is 2.13. The number of para-hydroxylation sites is 1. The van der Waals surface area contributed by atoms with Gasteiger partial charge in [0.2, 0.25) is 5.16 Å². The number of benzene rings is 2. The molecule has 3 rings (SSSR count). The molecule has 0 saturated heterocycles. The molecule has 0 aliphatic rings. The van der Waals surface area contributed by atoms with Crippen LogP contribution >= 0.6 is 40.1 Å². The van der Waals surface area contributed by atoms with Gasteiger partial charge < -0.3 is 20.5 Å². The molecule has 0 unspecified atom stereocenters. The molecule has 0 fully saturated rings. The first-order valence-corrected chi connectivity index (χ1v) is 11.4. The SMILES string of the molecule is CCOc1cc(CNCCSc2nnnn2-c2ccccc2)cc(Br)c1OCC(N)=O.Cl. The Balaban J connectivity index is 0.00000363. The average Bonchev–Trinajstić information content (AvgIpc) is 3.22. The number of tetrazole rings is 1. The number of hydrogen-bond acceptors (Lipinski definition) is 8. The van der Waals surface area contributed by atoms with Crippen LogP contribution in [-0.4, -0.2) is 51.6 Å². The van der Waals surface area contributed by atoms with Gasteiger partial charge in [-0.2, -0.15) is 4.68 Å². The fourth-order valence-electron chi connectivity index (χ4n) is 2.72. The minimum atomic E-state index is -0.545. The van der Waals surface area contributed by atoms with E-state index in [1.807, 2.05) is 49.4 Å². The van der Waals surface area contributed by atoms with Crippen LogP contribution < -0.4 is 20.5 Å². The Kier molecular flexibility index (Phi) is 10.7. The number of hydrogen-bond donors (Lipinski definition) is 2. The third-order valence-electron chi connectivity index (χ3n) is 4.01. The highest BCUT2D eigenvalue weighted by atomic mass is 79.9. The Bertz CT molecular complexity index is 1010. The van der Waals surface area contributed by atoms with Crippen LogP contribution in [0.2, 0.25) is 0 Å². The standard InChI is InChI=1S/C20H23BrN6O3S.ClH/c1-2-29-17-11-14(10-16(21)19(17)30-13-18(22)28)12-23-8-9-31-20-24-25-26-27(20)15-6-4-3-5-7-15;/h3-7,10-11,23H,2,8-9,12-13H2,1H3,(H2,22,28);1H. The van der Waals surface area contributed by atoms with E-state index in [0.29, 0.717) is 29.1 Å². The van der Waals surface area contributed by atoms with E-state index in [1.165, 1.54) is 0 Å². The lowest BCUT2D eigenvalue weighted by Gasteiger charge is -2.15. The highest BCUT2D eigenvalue weighted by Crippen LogP contribution is 2.37. The number of aromatic nitrogens is 4. The molecule has 1 heterocycles. The van der Waals surface area contributed by atoms with Crippen molar-refractivity contribution in [3.8, 4) is 17.2 Å². The van der Waals surface area contributed by atoms with E-state index in [9.17, 15) is 4.79 Å². The van der Waals surface area contributed by atoms with Gasteiger partial charge in [-0.3, -0.25) is 4.79 Å². The minimum Gasteiger partial charge on any atom is -0.490 e. The van der Waals surface area contributed by atoms with Crippen molar-refractivity contribution in [2.75, 3.05) is 25.5 Å². The van der Waals surface area contributed by atoms with Gasteiger partial charge in [-0.05, 0) is 63.1 Å². The quantitative estimate of drug-likeness (QED) is 0.264. The summed E-state index contributed by atoms with van der Waals surface area (Å²) in [7, 11) is 0. The molecule has 0 radical (unpaired) electrons. The first-order valence-electron chi connectivity index (χ1n) is 9.62. The van der Waals surface area contributed by atoms with Gasteiger partial charge in [0.05, 0.1) is 16.8 Å². The number of nitrogens with one attached hydrogen (secondary N) is 1. The third-order valence-corrected chi connectivity index (χ3v) is 5.52. The predicted molar refractivity (Wildman–Crippen MR) is 129 cm³/mol. The van der Waals surface area contributed by atoms with Gasteiger partial charge in [0.25, 0.3) is 5.91 Å². The van der Waals surface area contributed by atoms with Gasteiger partial charge in [-0.15, -0.1) is 17.5 Å². The molecular formula is C20H24BrClN6O3S. The Morgan fingerprint density at radius 2 is 2.03 bits per heavy atom. The van der Waals surface area contributed by atoms with E-state index in [-0.39, 0.29) is 19.0 Å². The molecule has 12 heteroatoms. The summed E-state index contributed by atoms with van der Waals surface area (Å²) >= 11 is 5.06. The number of thioether (sulfide) groups is 1. The lowest BCUT2D eigenvalue weighted by Crippen LogP contribution is -2.20. The predicted octanol–water partition coefficient (Wildman–Crippen LogP) is 2.99. The Morgan fingerprint density at radius 1 is 1.25 bits per heavy atom. The zero-order valence-electron chi connectivity index (χ0n) is 17.4. The molecule has 32 heavy (non-hydrogen) atoms. The summed E-state index contributed by atoms with van der Waals surface area (Å²) in [5, 5.41) is 16.1. The second kappa shape index (κ2) is 13.3. The Labute approximate surface area is 205 Å². The van der Waals surface area contributed by atoms with E-state index in [1.54, 1.807) is 16.4 Å². The number of nitrogens with zero attached hydrogens (tertiary/aromatic N) is 4. The number of amides is 1. The van der Waals surface area contributed by atoms with Crippen LogP contribution in [-0.2, 0) is 11.3 Å². The number of carbonyl (C=O) groups excluding carboxylic acids is 1. The minimum absolute atomic E-state index is 0. The molecule has 0 aliphatic heterocycles. The number of ether oxygens (including phenoxy) is 2. The lowest BCUT2D eigenvalue weighted by molar-refractivity contribution is -0.119. The van der Waals surface area contributed by atoms with Crippen molar-refractivity contribution in [1.82, 2.24) is 25.5 Å². The van der Waals surface area contributed by atoms with Crippen molar-refractivity contribution in [3.63, 3.8) is 0 Å². The molecule has 9 nitrogen and oxygen atoms in total. The molecular weight excluding hydrogens is 520 g/mol. The summed E-state index contributed by atoms with van der Waals surface area (Å²) in [5.74, 6) is 1.28. The van der Waals surface area contributed by atoms with Crippen molar-refractivity contribution in [2.24, 2.45) is 5.73 Å². The second-order valence-electron chi connectivity index (χ2n) is 6.33. The number of carbonyl (C=O) groups is 1. The normalized spacial score (nSPS) is 10.4. The Morgan fingerprint density at radius 3 is 2.75 bits per heavy atom. The molecule has 2 aromatic carbocycles. The van der Waals surface area contributed by atoms with Gasteiger partial charge in [0.1, 0.15) is 0 Å². The summed E-state index contributed by atoms with van der Waals surface area (Å²) in [4.78, 5) is 11.0. The first-order chi connectivity index (χ1) is 15.1. The molecule has 0 atom stereocenters. The van der Waals surface area contributed by atoms with Crippen LogP contribution in [0.3, 0.4) is 0 Å². The van der Waals surface area contributed by atoms with Crippen LogP contribution in [0.5, 0.6) is 11.5 Å². The van der Waals surface area contributed by atoms with E-state index in [4.69, 9.17) is 15.2 Å². The molecule has 3 aromatic rings. The number of halogens is 2. The van der Waals surface area contributed by atoms with Crippen LogP contribution in [0.15, 0.2) is 52.1 Å². The van der Waals surface area contributed by atoms with Crippen molar-refractivity contribution in [1.29, 1.82) is 0 Å². The van der Waals surface area contributed by atoms with Gasteiger partial charge in [-0.1, -0.05) is 30.0 Å². The van der Waals surface area contributed by atoms with E-state index < -0.39 is 5.91 Å². The topological polar surface area (TPSA) is 117 Å². The lowest BCUT2D eigenvalue weighted by atomic mass is 10.2. The molecule has 3 N–H and O–H groups in total. The van der Waals surface area contributed by atoms with Crippen molar-refractivity contribution >= 4 is 46.0 Å². The summed E-state index contributed by atoms with van der Waals surface area (Å²) in [5.41, 5.74) is 7.11. The van der Waals surface area contributed by atoms with Crippen molar-refractivity contribution in [2.45, 2.75) is 18.6 Å².